The topological polar surface area (TPSA) is 8.17 Å². The Hall–Kier alpha value is -7.68. The molecule has 0 aliphatic heterocycles. The molecule has 0 unspecified atom stereocenters. The molecule has 0 saturated carbocycles. The molecule has 0 saturated heterocycles. The lowest BCUT2D eigenvalue weighted by molar-refractivity contribution is 1.18. The molecule has 1 heterocycles. The summed E-state index contributed by atoms with van der Waals surface area (Å²) < 4.78 is 2.40. The van der Waals surface area contributed by atoms with Crippen LogP contribution in [0.1, 0.15) is 0 Å². The van der Waals surface area contributed by atoms with Gasteiger partial charge in [-0.25, -0.2) is 0 Å². The molecule has 0 spiro atoms. The molecule has 2 nitrogen and oxygen atoms in total. The smallest absolute Gasteiger partial charge is 0.0547 e. The monoisotopic (exact) mass is 738 g/mol. The van der Waals surface area contributed by atoms with Crippen molar-refractivity contribution in [2.45, 2.75) is 0 Å². The van der Waals surface area contributed by atoms with Crippen LogP contribution in [0.2, 0.25) is 0 Å². The number of hydrogen-bond acceptors (Lipinski definition) is 1. The fraction of sp³-hybridized carbons (Fsp3) is 0. The van der Waals surface area contributed by atoms with Crippen molar-refractivity contribution in [3.8, 4) is 39.1 Å². The van der Waals surface area contributed by atoms with Crippen LogP contribution >= 0.6 is 0 Å². The molecule has 11 rings (SSSR count). The Kier molecular flexibility index (Phi) is 8.19. The van der Waals surface area contributed by atoms with Gasteiger partial charge in [-0.05, 0) is 122 Å². The summed E-state index contributed by atoms with van der Waals surface area (Å²) in [6.07, 6.45) is 0. The number of para-hydroxylation sites is 1. The zero-order valence-corrected chi connectivity index (χ0v) is 31.8. The van der Waals surface area contributed by atoms with Gasteiger partial charge in [-0.3, -0.25) is 0 Å². The highest BCUT2D eigenvalue weighted by molar-refractivity contribution is 6.13. The highest BCUT2D eigenvalue weighted by Crippen LogP contribution is 2.39. The lowest BCUT2D eigenvalue weighted by Gasteiger charge is -2.26. The zero-order chi connectivity index (χ0) is 38.4. The minimum absolute atomic E-state index is 1.10. The molecule has 0 amide bonds. The highest BCUT2D eigenvalue weighted by atomic mass is 15.1. The van der Waals surface area contributed by atoms with Gasteiger partial charge in [-0.1, -0.05) is 164 Å². The zero-order valence-electron chi connectivity index (χ0n) is 31.8. The molecular weight excluding hydrogens is 701 g/mol. The van der Waals surface area contributed by atoms with Gasteiger partial charge in [0.25, 0.3) is 0 Å². The highest BCUT2D eigenvalue weighted by Gasteiger charge is 2.16. The predicted molar refractivity (Wildman–Crippen MR) is 247 cm³/mol. The third kappa shape index (κ3) is 5.91. The van der Waals surface area contributed by atoms with Crippen LogP contribution in [0.4, 0.5) is 17.1 Å². The number of aromatic nitrogens is 1. The molecule has 0 fully saturated rings. The molecule has 1 aromatic heterocycles. The second-order valence-electron chi connectivity index (χ2n) is 15.0. The normalized spacial score (nSPS) is 11.4. The van der Waals surface area contributed by atoms with Crippen LogP contribution in [-0.4, -0.2) is 4.57 Å². The van der Waals surface area contributed by atoms with Crippen molar-refractivity contribution in [1.82, 2.24) is 4.57 Å². The Bertz CT molecular complexity index is 3230. The van der Waals surface area contributed by atoms with E-state index < -0.39 is 0 Å². The van der Waals surface area contributed by atoms with E-state index in [-0.39, 0.29) is 0 Å². The van der Waals surface area contributed by atoms with Crippen LogP contribution in [0, 0.1) is 0 Å². The largest absolute Gasteiger partial charge is 0.311 e. The average molecular weight is 739 g/mol. The minimum Gasteiger partial charge on any atom is -0.311 e. The number of rotatable bonds is 7. The summed E-state index contributed by atoms with van der Waals surface area (Å²) in [4.78, 5) is 2.35. The van der Waals surface area contributed by atoms with Crippen LogP contribution in [0.25, 0.3) is 82.4 Å². The van der Waals surface area contributed by atoms with Gasteiger partial charge in [0, 0.05) is 33.5 Å². The molecule has 0 bridgehead atoms. The van der Waals surface area contributed by atoms with E-state index in [1.54, 1.807) is 0 Å². The van der Waals surface area contributed by atoms with Gasteiger partial charge < -0.3 is 9.47 Å². The first-order valence-corrected chi connectivity index (χ1v) is 19.9. The van der Waals surface area contributed by atoms with E-state index in [9.17, 15) is 0 Å². The number of nitrogens with zero attached hydrogens (tertiary/aromatic N) is 2. The summed E-state index contributed by atoms with van der Waals surface area (Å²) in [7, 11) is 0. The maximum absolute atomic E-state index is 2.40. The molecule has 0 aliphatic rings. The fourth-order valence-corrected chi connectivity index (χ4v) is 8.69. The van der Waals surface area contributed by atoms with Crippen molar-refractivity contribution < 1.29 is 0 Å². The Balaban J connectivity index is 0.946. The third-order valence-electron chi connectivity index (χ3n) is 11.6. The lowest BCUT2D eigenvalue weighted by Crippen LogP contribution is -2.09. The molecule has 0 radical (unpaired) electrons. The molecule has 11 aromatic rings. The van der Waals surface area contributed by atoms with E-state index in [4.69, 9.17) is 0 Å². The van der Waals surface area contributed by atoms with E-state index >= 15 is 0 Å². The number of hydrogen-bond donors (Lipinski definition) is 0. The van der Waals surface area contributed by atoms with Crippen molar-refractivity contribution in [2.75, 3.05) is 4.90 Å². The van der Waals surface area contributed by atoms with Gasteiger partial charge in [0.2, 0.25) is 0 Å². The fourth-order valence-electron chi connectivity index (χ4n) is 8.69. The van der Waals surface area contributed by atoms with E-state index in [1.165, 1.54) is 76.7 Å². The molecule has 10 aromatic carbocycles. The lowest BCUT2D eigenvalue weighted by atomic mass is 9.98. The molecule has 0 N–H and O–H groups in total. The Morgan fingerprint density at radius 1 is 0.276 bits per heavy atom. The van der Waals surface area contributed by atoms with E-state index in [1.807, 2.05) is 0 Å². The van der Waals surface area contributed by atoms with Crippen molar-refractivity contribution in [3.05, 3.63) is 231 Å². The third-order valence-corrected chi connectivity index (χ3v) is 11.6. The standard InChI is InChI=1S/C56H38N2/c1-2-11-39(12-3-1)40-21-29-47(30-22-40)57(49-35-27-44(28-36-49)52-19-10-16-43-13-6-7-17-51(43)52)48-31-23-41(24-32-48)42-25-33-50(34-26-42)58-55-20-9-8-18-53(55)54-37-45-14-4-5-15-46(45)38-56(54)58/h1-38H. The summed E-state index contributed by atoms with van der Waals surface area (Å²) in [6, 6.07) is 83.6. The summed E-state index contributed by atoms with van der Waals surface area (Å²) in [5, 5.41) is 7.56. The van der Waals surface area contributed by atoms with Crippen LogP contribution in [0.15, 0.2) is 231 Å². The van der Waals surface area contributed by atoms with Gasteiger partial charge in [0.05, 0.1) is 11.0 Å². The SMILES string of the molecule is c1ccc(-c2ccc(N(c3ccc(-c4ccc(-n5c6ccccc6c6cc7ccccc7cc65)cc4)cc3)c3ccc(-c4cccc5ccccc45)cc3)cc2)cc1. The Labute approximate surface area is 338 Å². The second kappa shape index (κ2) is 14.1. The molecule has 272 valence electrons. The molecule has 0 aliphatic carbocycles. The molecule has 2 heteroatoms. The number of fused-ring (bicyclic) bond motifs is 5. The summed E-state index contributed by atoms with van der Waals surface area (Å²) in [6.45, 7) is 0. The van der Waals surface area contributed by atoms with Gasteiger partial charge in [-0.2, -0.15) is 0 Å². The van der Waals surface area contributed by atoms with Crippen LogP contribution in [0.3, 0.4) is 0 Å². The summed E-state index contributed by atoms with van der Waals surface area (Å²) in [5.41, 5.74) is 14.1. The second-order valence-corrected chi connectivity index (χ2v) is 15.0. The van der Waals surface area contributed by atoms with Gasteiger partial charge in [0.15, 0.2) is 0 Å². The number of benzene rings is 10. The van der Waals surface area contributed by atoms with Gasteiger partial charge in [0.1, 0.15) is 0 Å². The van der Waals surface area contributed by atoms with Crippen molar-refractivity contribution in [2.24, 2.45) is 0 Å². The molecular formula is C56H38N2. The summed E-state index contributed by atoms with van der Waals surface area (Å²) >= 11 is 0. The van der Waals surface area contributed by atoms with Crippen LogP contribution in [-0.2, 0) is 0 Å². The van der Waals surface area contributed by atoms with Crippen molar-refractivity contribution in [1.29, 1.82) is 0 Å². The van der Waals surface area contributed by atoms with E-state index in [0.717, 1.165) is 22.7 Å². The quantitative estimate of drug-likeness (QED) is 0.158. The molecule has 0 atom stereocenters. The summed E-state index contributed by atoms with van der Waals surface area (Å²) in [5.74, 6) is 0. The van der Waals surface area contributed by atoms with Gasteiger partial charge >= 0.3 is 0 Å². The van der Waals surface area contributed by atoms with E-state index in [0.29, 0.717) is 0 Å². The first kappa shape index (κ1) is 33.6. The Morgan fingerprint density at radius 3 is 1.38 bits per heavy atom. The number of anilines is 3. The average Bonchev–Trinajstić information content (AvgIpc) is 3.62. The molecule has 58 heavy (non-hydrogen) atoms. The Morgan fingerprint density at radius 2 is 0.741 bits per heavy atom. The van der Waals surface area contributed by atoms with Crippen molar-refractivity contribution in [3.63, 3.8) is 0 Å². The predicted octanol–water partition coefficient (Wildman–Crippen LogP) is 15.6. The maximum Gasteiger partial charge on any atom is 0.0547 e. The maximum atomic E-state index is 2.40. The van der Waals surface area contributed by atoms with E-state index in [2.05, 4.69) is 240 Å². The first-order valence-electron chi connectivity index (χ1n) is 19.9. The first-order chi connectivity index (χ1) is 28.7. The minimum atomic E-state index is 1.10. The van der Waals surface area contributed by atoms with Crippen LogP contribution < -0.4 is 4.90 Å². The van der Waals surface area contributed by atoms with Gasteiger partial charge in [-0.15, -0.1) is 0 Å². The van der Waals surface area contributed by atoms with Crippen LogP contribution in [0.5, 0.6) is 0 Å². The van der Waals surface area contributed by atoms with Crippen molar-refractivity contribution >= 4 is 60.4 Å².